The second-order valence-electron chi connectivity index (χ2n) is 8.11. The van der Waals surface area contributed by atoms with Gasteiger partial charge >= 0.3 is 0 Å². The Labute approximate surface area is 192 Å². The lowest BCUT2D eigenvalue weighted by Crippen LogP contribution is -2.43. The van der Waals surface area contributed by atoms with Crippen molar-refractivity contribution in [3.8, 4) is 17.1 Å². The number of likely N-dealkylation sites (tertiary alicyclic amines) is 1. The van der Waals surface area contributed by atoms with Crippen molar-refractivity contribution in [1.29, 1.82) is 0 Å². The van der Waals surface area contributed by atoms with Crippen LogP contribution in [0.25, 0.3) is 11.4 Å². The zero-order valence-corrected chi connectivity index (χ0v) is 19.1. The van der Waals surface area contributed by atoms with Gasteiger partial charge in [0.1, 0.15) is 5.75 Å². The van der Waals surface area contributed by atoms with E-state index in [-0.39, 0.29) is 11.8 Å². The maximum Gasteiger partial charge on any atom is 0.241 e. The smallest absolute Gasteiger partial charge is 0.241 e. The molecule has 1 fully saturated rings. The average Bonchev–Trinajstić information content (AvgIpc) is 3.27. The minimum absolute atomic E-state index is 0.0436. The van der Waals surface area contributed by atoms with Crippen molar-refractivity contribution in [2.24, 2.45) is 5.92 Å². The molecule has 0 radical (unpaired) electrons. The van der Waals surface area contributed by atoms with Crippen molar-refractivity contribution in [1.82, 2.24) is 19.9 Å². The Bertz CT molecular complexity index is 1050. The van der Waals surface area contributed by atoms with Crippen LogP contribution >= 0.6 is 11.6 Å². The number of hydrogen-bond donors (Lipinski definition) is 0. The predicted molar refractivity (Wildman–Crippen MR) is 122 cm³/mol. The third-order valence-corrected chi connectivity index (χ3v) is 6.08. The first-order valence-corrected chi connectivity index (χ1v) is 11.1. The number of ether oxygens (including phenoxy) is 1. The largest absolute Gasteiger partial charge is 0.497 e. The molecule has 1 unspecified atom stereocenters. The second kappa shape index (κ2) is 10.1. The molecule has 168 valence electrons. The number of methoxy groups -OCH3 is 1. The van der Waals surface area contributed by atoms with Crippen LogP contribution in [0.5, 0.6) is 5.75 Å². The molecule has 1 saturated heterocycles. The third kappa shape index (κ3) is 5.29. The summed E-state index contributed by atoms with van der Waals surface area (Å²) in [5, 5.41) is 4.66. The van der Waals surface area contributed by atoms with E-state index in [1.54, 1.807) is 18.1 Å². The molecule has 0 aliphatic carbocycles. The summed E-state index contributed by atoms with van der Waals surface area (Å²) in [7, 11) is 3.50. The van der Waals surface area contributed by atoms with E-state index in [0.717, 1.165) is 36.3 Å². The number of carbonyl (C=O) groups is 1. The van der Waals surface area contributed by atoms with Gasteiger partial charge in [-0.2, -0.15) is 4.98 Å². The minimum atomic E-state index is -0.0436. The first-order chi connectivity index (χ1) is 15.5. The van der Waals surface area contributed by atoms with E-state index in [9.17, 15) is 4.79 Å². The molecule has 0 bridgehead atoms. The molecule has 4 rings (SSSR count). The Kier molecular flexibility index (Phi) is 7.07. The van der Waals surface area contributed by atoms with Crippen LogP contribution in [0.4, 0.5) is 0 Å². The number of amides is 1. The van der Waals surface area contributed by atoms with Crippen LogP contribution in [0.15, 0.2) is 53.1 Å². The fraction of sp³-hybridized carbons (Fsp3) is 0.375. The molecule has 2 aromatic carbocycles. The highest BCUT2D eigenvalue weighted by Crippen LogP contribution is 2.26. The lowest BCUT2D eigenvalue weighted by molar-refractivity contribution is -0.136. The Hall–Kier alpha value is -2.90. The topological polar surface area (TPSA) is 71.7 Å². The molecule has 3 aromatic rings. The molecule has 7 nitrogen and oxygen atoms in total. The van der Waals surface area contributed by atoms with Crippen molar-refractivity contribution in [2.75, 3.05) is 27.2 Å². The maximum atomic E-state index is 13.1. The van der Waals surface area contributed by atoms with Crippen molar-refractivity contribution in [3.05, 3.63) is 65.0 Å². The Morgan fingerprint density at radius 1 is 1.25 bits per heavy atom. The molecule has 1 atom stereocenters. The van der Waals surface area contributed by atoms with Crippen LogP contribution < -0.4 is 4.74 Å². The van der Waals surface area contributed by atoms with Gasteiger partial charge in [-0.05, 0) is 49.2 Å². The summed E-state index contributed by atoms with van der Waals surface area (Å²) in [6.07, 6.45) is 1.84. The van der Waals surface area contributed by atoms with Gasteiger partial charge in [0.05, 0.1) is 24.6 Å². The first-order valence-electron chi connectivity index (χ1n) is 10.7. The summed E-state index contributed by atoms with van der Waals surface area (Å²) in [6.45, 7) is 2.67. The molecule has 2 heterocycles. The monoisotopic (exact) mass is 454 g/mol. The predicted octanol–water partition coefficient (Wildman–Crippen LogP) is 4.27. The minimum Gasteiger partial charge on any atom is -0.497 e. The number of carbonyl (C=O) groups excluding carboxylic acids is 1. The molecule has 1 amide bonds. The molecule has 1 aliphatic heterocycles. The molecular weight excluding hydrogens is 428 g/mol. The van der Waals surface area contributed by atoms with Crippen molar-refractivity contribution >= 4 is 17.5 Å². The van der Waals surface area contributed by atoms with E-state index < -0.39 is 0 Å². The Morgan fingerprint density at radius 2 is 2.03 bits per heavy atom. The maximum absolute atomic E-state index is 13.1. The number of benzene rings is 2. The zero-order valence-electron chi connectivity index (χ0n) is 18.3. The van der Waals surface area contributed by atoms with Crippen LogP contribution in [0.1, 0.15) is 24.3 Å². The fourth-order valence-corrected chi connectivity index (χ4v) is 4.28. The Balaban J connectivity index is 1.34. The average molecular weight is 455 g/mol. The van der Waals surface area contributed by atoms with Gasteiger partial charge in [0, 0.05) is 25.7 Å². The second-order valence-corrected chi connectivity index (χ2v) is 8.52. The summed E-state index contributed by atoms with van der Waals surface area (Å²) in [6, 6.07) is 15.2. The standard InChI is InChI=1S/C24H27ClN4O3/c1-28(14-17-9-11-19(31-2)12-10-17)24(30)18-6-5-13-29(15-18)16-22-26-23(27-32-22)20-7-3-4-8-21(20)25/h3-4,7-12,18H,5-6,13-16H2,1-2H3. The summed E-state index contributed by atoms with van der Waals surface area (Å²) in [4.78, 5) is 21.6. The van der Waals surface area contributed by atoms with Gasteiger partial charge in [-0.3, -0.25) is 9.69 Å². The first kappa shape index (κ1) is 22.3. The number of hydrogen-bond acceptors (Lipinski definition) is 6. The number of piperidine rings is 1. The Morgan fingerprint density at radius 3 is 2.78 bits per heavy atom. The van der Waals surface area contributed by atoms with E-state index in [1.807, 2.05) is 49.5 Å². The molecule has 1 aromatic heterocycles. The van der Waals surface area contributed by atoms with E-state index in [2.05, 4.69) is 15.0 Å². The highest BCUT2D eigenvalue weighted by molar-refractivity contribution is 6.33. The number of rotatable bonds is 7. The lowest BCUT2D eigenvalue weighted by Gasteiger charge is -2.33. The van der Waals surface area contributed by atoms with E-state index in [0.29, 0.717) is 36.4 Å². The van der Waals surface area contributed by atoms with E-state index in [4.69, 9.17) is 20.9 Å². The summed E-state index contributed by atoms with van der Waals surface area (Å²) >= 11 is 6.24. The van der Waals surface area contributed by atoms with Gasteiger partial charge in [-0.1, -0.05) is 41.0 Å². The number of halogens is 1. The highest BCUT2D eigenvalue weighted by Gasteiger charge is 2.29. The van der Waals surface area contributed by atoms with Gasteiger partial charge in [-0.25, -0.2) is 0 Å². The summed E-state index contributed by atoms with van der Waals surface area (Å²) in [5.74, 6) is 1.93. The van der Waals surface area contributed by atoms with E-state index >= 15 is 0 Å². The zero-order chi connectivity index (χ0) is 22.5. The van der Waals surface area contributed by atoms with Crippen LogP contribution in [0.2, 0.25) is 5.02 Å². The van der Waals surface area contributed by atoms with Gasteiger partial charge in [0.15, 0.2) is 0 Å². The molecule has 0 N–H and O–H groups in total. The number of nitrogens with zero attached hydrogens (tertiary/aromatic N) is 4. The number of aromatic nitrogens is 2. The summed E-state index contributed by atoms with van der Waals surface area (Å²) in [5.41, 5.74) is 1.82. The summed E-state index contributed by atoms with van der Waals surface area (Å²) < 4.78 is 10.7. The van der Waals surface area contributed by atoms with E-state index in [1.165, 1.54) is 0 Å². The van der Waals surface area contributed by atoms with Crippen LogP contribution in [0, 0.1) is 5.92 Å². The fourth-order valence-electron chi connectivity index (χ4n) is 4.06. The molecular formula is C24H27ClN4O3. The van der Waals surface area contributed by atoms with Gasteiger partial charge in [0.25, 0.3) is 0 Å². The highest BCUT2D eigenvalue weighted by atomic mass is 35.5. The van der Waals surface area contributed by atoms with Crippen LogP contribution in [-0.4, -0.2) is 53.1 Å². The van der Waals surface area contributed by atoms with Crippen molar-refractivity contribution in [3.63, 3.8) is 0 Å². The van der Waals surface area contributed by atoms with Gasteiger partial charge < -0.3 is 14.2 Å². The van der Waals surface area contributed by atoms with Gasteiger partial charge in [-0.15, -0.1) is 0 Å². The molecule has 0 spiro atoms. The van der Waals surface area contributed by atoms with Crippen molar-refractivity contribution < 1.29 is 14.1 Å². The SMILES string of the molecule is COc1ccc(CN(C)C(=O)C2CCCN(Cc3nc(-c4ccccc4Cl)no3)C2)cc1. The molecule has 8 heteroatoms. The molecule has 32 heavy (non-hydrogen) atoms. The molecule has 1 aliphatic rings. The third-order valence-electron chi connectivity index (χ3n) is 5.75. The van der Waals surface area contributed by atoms with Gasteiger partial charge in [0.2, 0.25) is 17.6 Å². The quantitative estimate of drug-likeness (QED) is 0.531. The van der Waals surface area contributed by atoms with Crippen LogP contribution in [-0.2, 0) is 17.9 Å². The van der Waals surface area contributed by atoms with Crippen molar-refractivity contribution in [2.45, 2.75) is 25.9 Å². The van der Waals surface area contributed by atoms with Crippen LogP contribution in [0.3, 0.4) is 0 Å². The lowest BCUT2D eigenvalue weighted by atomic mass is 9.96. The molecule has 0 saturated carbocycles. The normalized spacial score (nSPS) is 16.7.